The predicted molar refractivity (Wildman–Crippen MR) is 70.6 cm³/mol. The Morgan fingerprint density at radius 3 is 2.58 bits per heavy atom. The summed E-state index contributed by atoms with van der Waals surface area (Å²) in [5, 5.41) is 5.45. The van der Waals surface area contributed by atoms with E-state index in [2.05, 4.69) is 10.6 Å². The van der Waals surface area contributed by atoms with Gasteiger partial charge in [-0.25, -0.2) is 9.59 Å². The first-order valence-electron chi connectivity index (χ1n) is 6.38. The standard InChI is InChI=1S/C14H18N2O3/c1-19-13(17)12(9-10-5-3-2-4-6-10)16-14(18)15-11-7-8-11/h2-6,11-12H,7-9H2,1H3,(H2,15,16,18). The highest BCUT2D eigenvalue weighted by molar-refractivity contribution is 5.84. The lowest BCUT2D eigenvalue weighted by Gasteiger charge is -2.17. The largest absolute Gasteiger partial charge is 0.467 e. The molecule has 0 spiro atoms. The van der Waals surface area contributed by atoms with Crippen molar-refractivity contribution >= 4 is 12.0 Å². The number of carbonyl (C=O) groups is 2. The number of urea groups is 1. The maximum Gasteiger partial charge on any atom is 0.328 e. The minimum atomic E-state index is -0.661. The van der Waals surface area contributed by atoms with Gasteiger partial charge in [0.05, 0.1) is 7.11 Å². The number of hydrogen-bond donors (Lipinski definition) is 2. The van der Waals surface area contributed by atoms with Crippen LogP contribution in [0.5, 0.6) is 0 Å². The monoisotopic (exact) mass is 262 g/mol. The lowest BCUT2D eigenvalue weighted by Crippen LogP contribution is -2.48. The van der Waals surface area contributed by atoms with Gasteiger partial charge >= 0.3 is 12.0 Å². The molecule has 1 aliphatic carbocycles. The van der Waals surface area contributed by atoms with E-state index in [0.29, 0.717) is 6.42 Å². The molecule has 0 aliphatic heterocycles. The molecule has 1 aromatic rings. The Kier molecular flexibility index (Phi) is 4.39. The summed E-state index contributed by atoms with van der Waals surface area (Å²) in [5.74, 6) is -0.435. The Labute approximate surface area is 112 Å². The molecule has 1 aliphatic rings. The van der Waals surface area contributed by atoms with Gasteiger partial charge in [-0.1, -0.05) is 30.3 Å². The van der Waals surface area contributed by atoms with Crippen LogP contribution in [0, 0.1) is 0 Å². The lowest BCUT2D eigenvalue weighted by molar-refractivity contribution is -0.142. The highest BCUT2D eigenvalue weighted by Gasteiger charge is 2.26. The van der Waals surface area contributed by atoms with Gasteiger partial charge in [-0.3, -0.25) is 0 Å². The fourth-order valence-electron chi connectivity index (χ4n) is 1.80. The van der Waals surface area contributed by atoms with Crippen LogP contribution in [0.4, 0.5) is 4.79 Å². The molecule has 1 atom stereocenters. The van der Waals surface area contributed by atoms with Crippen LogP contribution in [0.1, 0.15) is 18.4 Å². The molecule has 1 fully saturated rings. The average Bonchev–Trinajstić information content (AvgIpc) is 3.22. The molecule has 19 heavy (non-hydrogen) atoms. The van der Waals surface area contributed by atoms with Gasteiger partial charge < -0.3 is 15.4 Å². The van der Waals surface area contributed by atoms with E-state index in [4.69, 9.17) is 4.74 Å². The van der Waals surface area contributed by atoms with Crippen LogP contribution in [0.2, 0.25) is 0 Å². The van der Waals surface area contributed by atoms with E-state index in [9.17, 15) is 9.59 Å². The third kappa shape index (κ3) is 4.28. The molecule has 1 aromatic carbocycles. The highest BCUT2D eigenvalue weighted by Crippen LogP contribution is 2.18. The van der Waals surface area contributed by atoms with Gasteiger partial charge in [-0.05, 0) is 18.4 Å². The molecule has 5 heteroatoms. The van der Waals surface area contributed by atoms with Gasteiger partial charge in [0.25, 0.3) is 0 Å². The second-order valence-corrected chi connectivity index (χ2v) is 4.66. The van der Waals surface area contributed by atoms with Gasteiger partial charge in [0, 0.05) is 12.5 Å². The second-order valence-electron chi connectivity index (χ2n) is 4.66. The zero-order chi connectivity index (χ0) is 13.7. The van der Waals surface area contributed by atoms with Crippen LogP contribution in [0.25, 0.3) is 0 Å². The van der Waals surface area contributed by atoms with Crippen LogP contribution < -0.4 is 10.6 Å². The summed E-state index contributed by atoms with van der Waals surface area (Å²) < 4.78 is 4.72. The number of hydrogen-bond acceptors (Lipinski definition) is 3. The molecule has 0 aromatic heterocycles. The second kappa shape index (κ2) is 6.22. The summed E-state index contributed by atoms with van der Waals surface area (Å²) in [4.78, 5) is 23.4. The highest BCUT2D eigenvalue weighted by atomic mass is 16.5. The molecule has 2 N–H and O–H groups in total. The normalized spacial score (nSPS) is 15.4. The average molecular weight is 262 g/mol. The minimum absolute atomic E-state index is 0.259. The molecule has 1 unspecified atom stereocenters. The predicted octanol–water partition coefficient (Wildman–Crippen LogP) is 1.23. The summed E-state index contributed by atoms with van der Waals surface area (Å²) in [7, 11) is 1.32. The van der Waals surface area contributed by atoms with Crippen LogP contribution in [-0.4, -0.2) is 31.2 Å². The van der Waals surface area contributed by atoms with Gasteiger partial charge in [0.15, 0.2) is 0 Å². The van der Waals surface area contributed by atoms with Gasteiger partial charge in [0.2, 0.25) is 0 Å². The fourth-order valence-corrected chi connectivity index (χ4v) is 1.80. The first kappa shape index (κ1) is 13.4. The molecular formula is C14H18N2O3. The Morgan fingerprint density at radius 1 is 1.32 bits per heavy atom. The van der Waals surface area contributed by atoms with E-state index in [-0.39, 0.29) is 12.1 Å². The maximum absolute atomic E-state index is 11.7. The summed E-state index contributed by atoms with van der Waals surface area (Å²) in [6.45, 7) is 0. The Bertz CT molecular complexity index is 443. The first-order valence-corrected chi connectivity index (χ1v) is 6.38. The Morgan fingerprint density at radius 2 is 2.00 bits per heavy atom. The molecule has 0 saturated heterocycles. The number of nitrogens with one attached hydrogen (secondary N) is 2. The van der Waals surface area contributed by atoms with Crippen LogP contribution >= 0.6 is 0 Å². The number of amides is 2. The summed E-state index contributed by atoms with van der Waals surface area (Å²) >= 11 is 0. The molecule has 0 bridgehead atoms. The third-order valence-electron chi connectivity index (χ3n) is 2.99. The third-order valence-corrected chi connectivity index (χ3v) is 2.99. The SMILES string of the molecule is COC(=O)C(Cc1ccccc1)NC(=O)NC1CC1. The number of methoxy groups -OCH3 is 1. The van der Waals surface area contributed by atoms with Crippen molar-refractivity contribution in [2.75, 3.05) is 7.11 Å². The van der Waals surface area contributed by atoms with Crippen LogP contribution in [0.3, 0.4) is 0 Å². The molecule has 102 valence electrons. The molecule has 2 amide bonds. The van der Waals surface area contributed by atoms with E-state index >= 15 is 0 Å². The van der Waals surface area contributed by atoms with Gasteiger partial charge in [-0.15, -0.1) is 0 Å². The van der Waals surface area contributed by atoms with E-state index in [1.54, 1.807) is 0 Å². The topological polar surface area (TPSA) is 67.4 Å². The van der Waals surface area contributed by atoms with Crippen LogP contribution in [0.15, 0.2) is 30.3 Å². The molecule has 5 nitrogen and oxygen atoms in total. The maximum atomic E-state index is 11.7. The number of rotatable bonds is 5. The van der Waals surface area contributed by atoms with Crippen molar-refractivity contribution in [1.82, 2.24) is 10.6 Å². The molecule has 2 rings (SSSR count). The van der Waals surface area contributed by atoms with E-state index < -0.39 is 12.0 Å². The Balaban J connectivity index is 1.94. The molecule has 0 radical (unpaired) electrons. The first-order chi connectivity index (χ1) is 9.19. The van der Waals surface area contributed by atoms with Crippen molar-refractivity contribution in [2.45, 2.75) is 31.3 Å². The quantitative estimate of drug-likeness (QED) is 0.784. The zero-order valence-electron chi connectivity index (χ0n) is 10.9. The zero-order valence-corrected chi connectivity index (χ0v) is 10.9. The number of ether oxygens (including phenoxy) is 1. The van der Waals surface area contributed by atoms with Crippen molar-refractivity contribution in [1.29, 1.82) is 0 Å². The minimum Gasteiger partial charge on any atom is -0.467 e. The number of carbonyl (C=O) groups excluding carboxylic acids is 2. The van der Waals surface area contributed by atoms with E-state index in [0.717, 1.165) is 18.4 Å². The summed E-state index contributed by atoms with van der Waals surface area (Å²) in [5.41, 5.74) is 0.977. The molecule has 0 heterocycles. The fraction of sp³-hybridized carbons (Fsp3) is 0.429. The smallest absolute Gasteiger partial charge is 0.328 e. The van der Waals surface area contributed by atoms with Crippen LogP contribution in [-0.2, 0) is 16.0 Å². The number of esters is 1. The van der Waals surface area contributed by atoms with E-state index in [1.807, 2.05) is 30.3 Å². The van der Waals surface area contributed by atoms with Crippen molar-refractivity contribution in [2.24, 2.45) is 0 Å². The summed E-state index contributed by atoms with van der Waals surface area (Å²) in [6, 6.07) is 8.81. The van der Waals surface area contributed by atoms with E-state index in [1.165, 1.54) is 7.11 Å². The van der Waals surface area contributed by atoms with Gasteiger partial charge in [-0.2, -0.15) is 0 Å². The van der Waals surface area contributed by atoms with Crippen molar-refractivity contribution in [3.8, 4) is 0 Å². The molecular weight excluding hydrogens is 244 g/mol. The molecule has 1 saturated carbocycles. The van der Waals surface area contributed by atoms with Crippen molar-refractivity contribution < 1.29 is 14.3 Å². The van der Waals surface area contributed by atoms with Gasteiger partial charge in [0.1, 0.15) is 6.04 Å². The Hall–Kier alpha value is -2.04. The number of benzene rings is 1. The summed E-state index contributed by atoms with van der Waals surface area (Å²) in [6.07, 6.45) is 2.44. The lowest BCUT2D eigenvalue weighted by atomic mass is 10.1. The van der Waals surface area contributed by atoms with Crippen molar-refractivity contribution in [3.63, 3.8) is 0 Å². The van der Waals surface area contributed by atoms with Crippen molar-refractivity contribution in [3.05, 3.63) is 35.9 Å².